The van der Waals surface area contributed by atoms with Crippen molar-refractivity contribution >= 4 is 5.91 Å². The van der Waals surface area contributed by atoms with E-state index in [1.54, 1.807) is 0 Å². The Bertz CT molecular complexity index is 173. The first-order chi connectivity index (χ1) is 6.35. The molecule has 0 aromatic carbocycles. The minimum atomic E-state index is 0.139. The van der Waals surface area contributed by atoms with Crippen molar-refractivity contribution in [3.8, 4) is 0 Å². The van der Waals surface area contributed by atoms with E-state index >= 15 is 0 Å². The van der Waals surface area contributed by atoms with Crippen molar-refractivity contribution in [1.29, 1.82) is 0 Å². The lowest BCUT2D eigenvalue weighted by Crippen LogP contribution is -2.31. The molecular weight excluding hydrogens is 176 g/mol. The highest BCUT2D eigenvalue weighted by Gasteiger charge is 2.12. The number of hydrogen-bond acceptors (Lipinski definition) is 2. The highest BCUT2D eigenvalue weighted by Crippen LogP contribution is 2.20. The normalized spacial score (nSPS) is 13.8. The van der Waals surface area contributed by atoms with Crippen molar-refractivity contribution in [2.24, 2.45) is 17.1 Å². The first-order valence-corrected chi connectivity index (χ1v) is 5.32. The monoisotopic (exact) mass is 200 g/mol. The van der Waals surface area contributed by atoms with Gasteiger partial charge in [-0.25, -0.2) is 0 Å². The Hall–Kier alpha value is -0.570. The Kier molecular flexibility index (Phi) is 5.77. The third-order valence-corrected chi connectivity index (χ3v) is 2.15. The average molecular weight is 200 g/mol. The number of rotatable bonds is 5. The first-order valence-electron chi connectivity index (χ1n) is 5.32. The Balaban J connectivity index is 3.57. The molecule has 1 atom stereocenters. The predicted molar refractivity (Wildman–Crippen MR) is 59.9 cm³/mol. The molecular formula is C11H24N2O. The molecule has 0 heterocycles. The maximum absolute atomic E-state index is 11.4. The summed E-state index contributed by atoms with van der Waals surface area (Å²) in [4.78, 5) is 11.4. The van der Waals surface area contributed by atoms with Crippen LogP contribution >= 0.6 is 0 Å². The fourth-order valence-electron chi connectivity index (χ4n) is 0.948. The molecule has 0 fully saturated rings. The lowest BCUT2D eigenvalue weighted by atomic mass is 9.90. The van der Waals surface area contributed by atoms with E-state index in [-0.39, 0.29) is 11.3 Å². The molecule has 1 amide bonds. The van der Waals surface area contributed by atoms with Gasteiger partial charge in [-0.2, -0.15) is 0 Å². The summed E-state index contributed by atoms with van der Waals surface area (Å²) in [5.41, 5.74) is 5.68. The Morgan fingerprint density at radius 2 is 2.00 bits per heavy atom. The van der Waals surface area contributed by atoms with E-state index in [4.69, 9.17) is 5.73 Å². The average Bonchev–Trinajstić information content (AvgIpc) is 2.09. The molecule has 3 heteroatoms. The summed E-state index contributed by atoms with van der Waals surface area (Å²) in [7, 11) is 0. The van der Waals surface area contributed by atoms with Crippen LogP contribution in [0.3, 0.4) is 0 Å². The number of carbonyl (C=O) groups is 1. The molecule has 0 bridgehead atoms. The van der Waals surface area contributed by atoms with Gasteiger partial charge in [-0.1, -0.05) is 27.7 Å². The van der Waals surface area contributed by atoms with Gasteiger partial charge in [0.25, 0.3) is 0 Å². The molecule has 0 rings (SSSR count). The fraction of sp³-hybridized carbons (Fsp3) is 0.909. The van der Waals surface area contributed by atoms with Crippen LogP contribution in [0, 0.1) is 11.3 Å². The lowest BCUT2D eigenvalue weighted by Gasteiger charge is -2.17. The third-order valence-electron chi connectivity index (χ3n) is 2.15. The summed E-state index contributed by atoms with van der Waals surface area (Å²) >= 11 is 0. The Morgan fingerprint density at radius 1 is 1.43 bits per heavy atom. The Morgan fingerprint density at radius 3 is 2.43 bits per heavy atom. The van der Waals surface area contributed by atoms with Crippen LogP contribution < -0.4 is 11.1 Å². The van der Waals surface area contributed by atoms with Crippen LogP contribution in [-0.2, 0) is 4.79 Å². The van der Waals surface area contributed by atoms with Gasteiger partial charge < -0.3 is 11.1 Å². The van der Waals surface area contributed by atoms with E-state index in [9.17, 15) is 4.79 Å². The zero-order valence-corrected chi connectivity index (χ0v) is 9.89. The van der Waals surface area contributed by atoms with E-state index in [0.29, 0.717) is 25.4 Å². The van der Waals surface area contributed by atoms with Crippen LogP contribution in [-0.4, -0.2) is 19.0 Å². The van der Waals surface area contributed by atoms with Gasteiger partial charge in [0, 0.05) is 13.0 Å². The molecule has 0 aromatic rings. The van der Waals surface area contributed by atoms with Gasteiger partial charge in [-0.05, 0) is 24.3 Å². The first kappa shape index (κ1) is 13.4. The smallest absolute Gasteiger partial charge is 0.220 e. The van der Waals surface area contributed by atoms with Gasteiger partial charge in [0.1, 0.15) is 0 Å². The van der Waals surface area contributed by atoms with Gasteiger partial charge in [-0.3, -0.25) is 4.79 Å². The molecule has 0 spiro atoms. The summed E-state index contributed by atoms with van der Waals surface area (Å²) < 4.78 is 0. The predicted octanol–water partition coefficient (Wildman–Crippen LogP) is 1.52. The molecule has 0 aromatic heterocycles. The van der Waals surface area contributed by atoms with E-state index in [2.05, 4.69) is 26.1 Å². The lowest BCUT2D eigenvalue weighted by molar-refractivity contribution is -0.121. The van der Waals surface area contributed by atoms with Gasteiger partial charge in [0.05, 0.1) is 0 Å². The summed E-state index contributed by atoms with van der Waals surface area (Å²) in [6, 6.07) is 0. The second kappa shape index (κ2) is 6.02. The minimum Gasteiger partial charge on any atom is -0.356 e. The minimum absolute atomic E-state index is 0.139. The number of hydrogen-bond donors (Lipinski definition) is 2. The van der Waals surface area contributed by atoms with E-state index < -0.39 is 0 Å². The van der Waals surface area contributed by atoms with Gasteiger partial charge >= 0.3 is 0 Å². The van der Waals surface area contributed by atoms with E-state index in [1.807, 2.05) is 6.92 Å². The molecule has 0 aliphatic rings. The molecule has 84 valence electrons. The van der Waals surface area contributed by atoms with Crippen molar-refractivity contribution in [2.75, 3.05) is 13.1 Å². The molecule has 0 saturated heterocycles. The molecule has 0 radical (unpaired) electrons. The second-order valence-electron chi connectivity index (χ2n) is 5.21. The van der Waals surface area contributed by atoms with Crippen LogP contribution in [0.2, 0.25) is 0 Å². The van der Waals surface area contributed by atoms with Gasteiger partial charge in [-0.15, -0.1) is 0 Å². The van der Waals surface area contributed by atoms with Gasteiger partial charge in [0.15, 0.2) is 0 Å². The second-order valence-corrected chi connectivity index (χ2v) is 5.21. The maximum Gasteiger partial charge on any atom is 0.220 e. The number of carbonyl (C=O) groups excluding carboxylic acids is 1. The van der Waals surface area contributed by atoms with Crippen molar-refractivity contribution in [3.05, 3.63) is 0 Å². The van der Waals surface area contributed by atoms with E-state index in [0.717, 1.165) is 6.42 Å². The SMILES string of the molecule is CC(CN)CNC(=O)CCC(C)(C)C. The molecule has 0 aliphatic heterocycles. The van der Waals surface area contributed by atoms with E-state index in [1.165, 1.54) is 0 Å². The zero-order valence-electron chi connectivity index (χ0n) is 9.89. The molecule has 0 aliphatic carbocycles. The molecule has 1 unspecified atom stereocenters. The summed E-state index contributed by atoms with van der Waals surface area (Å²) in [5, 5.41) is 2.89. The van der Waals surface area contributed by atoms with Crippen LogP contribution in [0.15, 0.2) is 0 Å². The number of nitrogens with one attached hydrogen (secondary N) is 1. The summed E-state index contributed by atoms with van der Waals surface area (Å²) in [6.45, 7) is 9.78. The van der Waals surface area contributed by atoms with Crippen molar-refractivity contribution < 1.29 is 4.79 Å². The van der Waals surface area contributed by atoms with Crippen LogP contribution in [0.5, 0.6) is 0 Å². The van der Waals surface area contributed by atoms with Gasteiger partial charge in [0.2, 0.25) is 5.91 Å². The summed E-state index contributed by atoms with van der Waals surface area (Å²) in [5.74, 6) is 0.508. The standard InChI is InChI=1S/C11H24N2O/c1-9(7-12)8-13-10(14)5-6-11(2,3)4/h9H,5-8,12H2,1-4H3,(H,13,14). The Labute approximate surface area is 87.4 Å². The fourth-order valence-corrected chi connectivity index (χ4v) is 0.948. The highest BCUT2D eigenvalue weighted by atomic mass is 16.1. The van der Waals surface area contributed by atoms with Crippen LogP contribution in [0.25, 0.3) is 0 Å². The van der Waals surface area contributed by atoms with Crippen molar-refractivity contribution in [1.82, 2.24) is 5.32 Å². The van der Waals surface area contributed by atoms with Crippen LogP contribution in [0.1, 0.15) is 40.5 Å². The molecule has 14 heavy (non-hydrogen) atoms. The summed E-state index contributed by atoms with van der Waals surface area (Å²) in [6.07, 6.45) is 1.54. The molecule has 3 N–H and O–H groups in total. The largest absolute Gasteiger partial charge is 0.356 e. The highest BCUT2D eigenvalue weighted by molar-refractivity contribution is 5.75. The number of nitrogens with two attached hydrogens (primary N) is 1. The van der Waals surface area contributed by atoms with Crippen molar-refractivity contribution in [2.45, 2.75) is 40.5 Å². The topological polar surface area (TPSA) is 55.1 Å². The third kappa shape index (κ3) is 8.05. The molecule has 3 nitrogen and oxygen atoms in total. The maximum atomic E-state index is 11.4. The number of amides is 1. The zero-order chi connectivity index (χ0) is 11.2. The molecule has 0 saturated carbocycles. The van der Waals surface area contributed by atoms with Crippen LogP contribution in [0.4, 0.5) is 0 Å². The quantitative estimate of drug-likeness (QED) is 0.707. The van der Waals surface area contributed by atoms with Crippen molar-refractivity contribution in [3.63, 3.8) is 0 Å².